The van der Waals surface area contributed by atoms with Crippen LogP contribution in [0.5, 0.6) is 0 Å². The Kier molecular flexibility index (Phi) is 7.01. The highest BCUT2D eigenvalue weighted by molar-refractivity contribution is 5.91. The molecule has 0 bridgehead atoms. The highest BCUT2D eigenvalue weighted by Crippen LogP contribution is 2.35. The van der Waals surface area contributed by atoms with Crippen LogP contribution in [0.2, 0.25) is 0 Å². The van der Waals surface area contributed by atoms with E-state index >= 15 is 0 Å². The second kappa shape index (κ2) is 9.67. The van der Waals surface area contributed by atoms with Gasteiger partial charge in [-0.3, -0.25) is 9.69 Å². The number of aliphatic hydroxyl groups excluding tert-OH is 1. The fourth-order valence-electron chi connectivity index (χ4n) is 3.79. The van der Waals surface area contributed by atoms with Crippen molar-refractivity contribution in [2.75, 3.05) is 31.6 Å². The number of benzene rings is 1. The first-order chi connectivity index (χ1) is 13.2. The van der Waals surface area contributed by atoms with Crippen molar-refractivity contribution in [3.63, 3.8) is 0 Å². The third-order valence-electron chi connectivity index (χ3n) is 5.09. The van der Waals surface area contributed by atoms with Crippen molar-refractivity contribution in [3.05, 3.63) is 42.1 Å². The quantitative estimate of drug-likeness (QED) is 0.711. The van der Waals surface area contributed by atoms with E-state index in [2.05, 4.69) is 12.2 Å². The molecule has 1 heterocycles. The van der Waals surface area contributed by atoms with E-state index in [1.54, 1.807) is 0 Å². The monoisotopic (exact) mass is 370 g/mol. The summed E-state index contributed by atoms with van der Waals surface area (Å²) in [6.07, 6.45) is 5.77. The largest absolute Gasteiger partial charge is 0.395 e. The fourth-order valence-corrected chi connectivity index (χ4v) is 3.79. The molecule has 3 rings (SSSR count). The van der Waals surface area contributed by atoms with E-state index in [1.807, 2.05) is 46.0 Å². The van der Waals surface area contributed by atoms with Crippen molar-refractivity contribution in [2.45, 2.75) is 44.9 Å². The molecule has 27 heavy (non-hydrogen) atoms. The molecule has 0 aliphatic heterocycles. The molecule has 6 nitrogen and oxygen atoms in total. The van der Waals surface area contributed by atoms with E-state index in [-0.39, 0.29) is 19.1 Å². The number of hydrogen-bond acceptors (Lipinski definition) is 4. The minimum atomic E-state index is -0.0769. The van der Waals surface area contributed by atoms with Crippen LogP contribution in [0.1, 0.15) is 50.6 Å². The van der Waals surface area contributed by atoms with Crippen molar-refractivity contribution in [3.8, 4) is 5.69 Å². The smallest absolute Gasteiger partial charge is 0.239 e. The van der Waals surface area contributed by atoms with Crippen LogP contribution in [0, 0.1) is 0 Å². The zero-order chi connectivity index (χ0) is 19.1. The number of amides is 1. The molecule has 0 spiro atoms. The molecule has 1 aliphatic rings. The minimum absolute atomic E-state index is 0.0566. The molecule has 1 aromatic carbocycles. The summed E-state index contributed by atoms with van der Waals surface area (Å²) >= 11 is 0. The molecule has 0 unspecified atom stereocenters. The molecule has 2 aromatic rings. The number of hydrogen-bond donors (Lipinski definition) is 2. The average Bonchev–Trinajstić information content (AvgIpc) is 3.32. The van der Waals surface area contributed by atoms with Crippen LogP contribution >= 0.6 is 0 Å². The second-order valence-electron chi connectivity index (χ2n) is 7.23. The Morgan fingerprint density at radius 1 is 1.26 bits per heavy atom. The number of nitrogens with one attached hydrogen (secondary N) is 1. The summed E-state index contributed by atoms with van der Waals surface area (Å²) in [5, 5.41) is 17.0. The van der Waals surface area contributed by atoms with Crippen LogP contribution in [-0.2, 0) is 4.79 Å². The molecule has 1 aromatic heterocycles. The Balaban J connectivity index is 1.79. The summed E-state index contributed by atoms with van der Waals surface area (Å²) in [5.74, 6) is 1.12. The summed E-state index contributed by atoms with van der Waals surface area (Å²) in [6.45, 7) is 3.70. The minimum Gasteiger partial charge on any atom is -0.395 e. The Morgan fingerprint density at radius 2 is 2.00 bits per heavy atom. The van der Waals surface area contributed by atoms with E-state index in [0.29, 0.717) is 18.3 Å². The van der Waals surface area contributed by atoms with Crippen LogP contribution in [-0.4, -0.2) is 51.9 Å². The number of anilines is 1. The second-order valence-corrected chi connectivity index (χ2v) is 7.23. The predicted octanol–water partition coefficient (Wildman–Crippen LogP) is 3.17. The van der Waals surface area contributed by atoms with E-state index in [9.17, 15) is 9.90 Å². The Labute approximate surface area is 161 Å². The maximum Gasteiger partial charge on any atom is 0.239 e. The van der Waals surface area contributed by atoms with Crippen LogP contribution in [0.3, 0.4) is 0 Å². The third-order valence-corrected chi connectivity index (χ3v) is 5.09. The van der Waals surface area contributed by atoms with Gasteiger partial charge in [0.05, 0.1) is 24.5 Å². The molecular weight excluding hydrogens is 340 g/mol. The molecule has 1 aliphatic carbocycles. The van der Waals surface area contributed by atoms with Gasteiger partial charge in [0.25, 0.3) is 0 Å². The van der Waals surface area contributed by atoms with E-state index < -0.39 is 0 Å². The van der Waals surface area contributed by atoms with Crippen molar-refractivity contribution in [2.24, 2.45) is 0 Å². The molecule has 0 radical (unpaired) electrons. The average molecular weight is 370 g/mol. The third kappa shape index (κ3) is 5.17. The van der Waals surface area contributed by atoms with E-state index in [0.717, 1.165) is 24.3 Å². The summed E-state index contributed by atoms with van der Waals surface area (Å²) in [4.78, 5) is 14.6. The molecule has 6 heteroatoms. The number of nitrogens with zero attached hydrogens (tertiary/aromatic N) is 3. The molecule has 1 amide bonds. The number of para-hydroxylation sites is 1. The van der Waals surface area contributed by atoms with Crippen LogP contribution in [0.25, 0.3) is 5.69 Å². The molecule has 0 atom stereocenters. The SMILES string of the molecule is CCCN(CCO)CC(=O)Nc1cc(C2CCCC2)nn1-c1ccccc1. The molecule has 0 saturated heterocycles. The highest BCUT2D eigenvalue weighted by atomic mass is 16.3. The predicted molar refractivity (Wildman–Crippen MR) is 107 cm³/mol. The summed E-state index contributed by atoms with van der Waals surface area (Å²) in [5.41, 5.74) is 2.00. The normalized spacial score (nSPS) is 14.8. The molecular formula is C21H30N4O2. The van der Waals surface area contributed by atoms with Crippen LogP contribution in [0.4, 0.5) is 5.82 Å². The molecule has 2 N–H and O–H groups in total. The van der Waals surface area contributed by atoms with Crippen molar-refractivity contribution in [1.82, 2.24) is 14.7 Å². The van der Waals surface area contributed by atoms with Gasteiger partial charge >= 0.3 is 0 Å². The van der Waals surface area contributed by atoms with Crippen LogP contribution in [0.15, 0.2) is 36.4 Å². The standard InChI is InChI=1S/C21H30N4O2/c1-2-12-24(13-14-26)16-21(27)22-20-15-19(17-8-6-7-9-17)23-25(20)18-10-4-3-5-11-18/h3-5,10-11,15,17,26H,2,6-9,12-14,16H2,1H3,(H,22,27). The maximum absolute atomic E-state index is 12.6. The maximum atomic E-state index is 12.6. The number of aromatic nitrogens is 2. The first-order valence-electron chi connectivity index (χ1n) is 9.99. The summed E-state index contributed by atoms with van der Waals surface area (Å²) < 4.78 is 1.84. The summed E-state index contributed by atoms with van der Waals surface area (Å²) in [7, 11) is 0. The van der Waals surface area contributed by atoms with Gasteiger partial charge in [0, 0.05) is 18.5 Å². The number of carbonyl (C=O) groups is 1. The zero-order valence-corrected chi connectivity index (χ0v) is 16.1. The molecule has 1 saturated carbocycles. The van der Waals surface area contributed by atoms with Gasteiger partial charge in [0.2, 0.25) is 5.91 Å². The first kappa shape index (κ1) is 19.6. The van der Waals surface area contributed by atoms with E-state index in [1.165, 1.54) is 25.7 Å². The Morgan fingerprint density at radius 3 is 2.67 bits per heavy atom. The highest BCUT2D eigenvalue weighted by Gasteiger charge is 2.22. The lowest BCUT2D eigenvalue weighted by atomic mass is 10.0. The van der Waals surface area contributed by atoms with Gasteiger partial charge in [-0.05, 0) is 37.9 Å². The fraction of sp³-hybridized carbons (Fsp3) is 0.524. The Bertz CT molecular complexity index is 717. The van der Waals surface area contributed by atoms with Crippen molar-refractivity contribution >= 4 is 11.7 Å². The number of carbonyl (C=O) groups excluding carboxylic acids is 1. The summed E-state index contributed by atoms with van der Waals surface area (Å²) in [6, 6.07) is 11.9. The van der Waals surface area contributed by atoms with Gasteiger partial charge in [-0.15, -0.1) is 0 Å². The molecule has 1 fully saturated rings. The lowest BCUT2D eigenvalue weighted by Crippen LogP contribution is -2.36. The van der Waals surface area contributed by atoms with Crippen molar-refractivity contribution < 1.29 is 9.90 Å². The van der Waals surface area contributed by atoms with Crippen LogP contribution < -0.4 is 5.32 Å². The lowest BCUT2D eigenvalue weighted by molar-refractivity contribution is -0.117. The van der Waals surface area contributed by atoms with Gasteiger partial charge in [-0.25, -0.2) is 4.68 Å². The van der Waals surface area contributed by atoms with Gasteiger partial charge in [0.15, 0.2) is 0 Å². The number of aliphatic hydroxyl groups is 1. The first-order valence-corrected chi connectivity index (χ1v) is 9.99. The van der Waals surface area contributed by atoms with Gasteiger partial charge in [-0.1, -0.05) is 38.0 Å². The lowest BCUT2D eigenvalue weighted by Gasteiger charge is -2.19. The van der Waals surface area contributed by atoms with Gasteiger partial charge in [0.1, 0.15) is 5.82 Å². The number of rotatable bonds is 9. The van der Waals surface area contributed by atoms with Crippen molar-refractivity contribution in [1.29, 1.82) is 0 Å². The topological polar surface area (TPSA) is 70.4 Å². The van der Waals surface area contributed by atoms with Gasteiger partial charge in [-0.2, -0.15) is 5.10 Å². The van der Waals surface area contributed by atoms with E-state index in [4.69, 9.17) is 5.10 Å². The molecule has 146 valence electrons. The van der Waals surface area contributed by atoms with Gasteiger partial charge < -0.3 is 10.4 Å². The zero-order valence-electron chi connectivity index (χ0n) is 16.1. The Hall–Kier alpha value is -2.18.